The monoisotopic (exact) mass is 518 g/mol. The quantitative estimate of drug-likeness (QED) is 0.458. The Labute approximate surface area is 204 Å². The first-order valence-corrected chi connectivity index (χ1v) is 10.9. The Hall–Kier alpha value is -3.85. The fraction of sp³-hybridized carbons (Fsp3) is 0. The van der Waals surface area contributed by atoms with Gasteiger partial charge < -0.3 is 0 Å². The summed E-state index contributed by atoms with van der Waals surface area (Å²) >= 11 is 3.36. The van der Waals surface area contributed by atoms with Gasteiger partial charge in [0, 0.05) is 0 Å². The van der Waals surface area contributed by atoms with E-state index in [1.54, 1.807) is 36.4 Å². The first-order chi connectivity index (χ1) is 16.3. The molecule has 167 valence electrons. The Morgan fingerprint density at radius 3 is 2.26 bits per heavy atom. The Morgan fingerprint density at radius 1 is 0.853 bits per heavy atom. The summed E-state index contributed by atoms with van der Waals surface area (Å²) in [5.74, 6) is -2.57. The summed E-state index contributed by atoms with van der Waals surface area (Å²) in [6, 6.07) is 17.1. The number of benzene rings is 3. The van der Waals surface area contributed by atoms with E-state index in [-0.39, 0.29) is 17.1 Å². The molecule has 2 N–H and O–H groups in total. The van der Waals surface area contributed by atoms with Crippen LogP contribution in [0.15, 0.2) is 95.1 Å². The van der Waals surface area contributed by atoms with Crippen molar-refractivity contribution in [1.82, 2.24) is 0 Å². The first-order valence-electron chi connectivity index (χ1n) is 10.1. The zero-order chi connectivity index (χ0) is 24.2. The van der Waals surface area contributed by atoms with Crippen LogP contribution in [0.5, 0.6) is 0 Å². The number of halogens is 3. The molecule has 0 spiro atoms. The molecule has 0 bridgehead atoms. The van der Waals surface area contributed by atoms with Gasteiger partial charge in [-0.2, -0.15) is 0 Å². The molecular weight excluding hydrogens is 503 g/mol. The van der Waals surface area contributed by atoms with Crippen LogP contribution >= 0.6 is 15.9 Å². The maximum absolute atomic E-state index is 14.3. The second kappa shape index (κ2) is 9.97. The van der Waals surface area contributed by atoms with Crippen LogP contribution < -0.4 is 15.5 Å². The van der Waals surface area contributed by atoms with Crippen LogP contribution in [0, 0.1) is 11.6 Å². The van der Waals surface area contributed by atoms with Crippen molar-refractivity contribution in [3.8, 4) is 0 Å². The zero-order valence-corrected chi connectivity index (χ0v) is 19.1. The molecule has 0 aromatic heterocycles. The molecule has 0 aliphatic carbocycles. The van der Waals surface area contributed by atoms with Crippen LogP contribution in [0.2, 0.25) is 0 Å². The van der Waals surface area contributed by atoms with Gasteiger partial charge in [-0.3, -0.25) is 0 Å². The Morgan fingerprint density at radius 2 is 1.56 bits per heavy atom. The maximum atomic E-state index is 14.3. The predicted molar refractivity (Wildman–Crippen MR) is 134 cm³/mol. The number of rotatable bonds is 5. The van der Waals surface area contributed by atoms with Crippen molar-refractivity contribution >= 4 is 57.9 Å². The van der Waals surface area contributed by atoms with Gasteiger partial charge in [0.2, 0.25) is 0 Å². The number of anilines is 3. The second-order valence-corrected chi connectivity index (χ2v) is 8.11. The average Bonchev–Trinajstić information content (AvgIpc) is 2.82. The van der Waals surface area contributed by atoms with Crippen LogP contribution in [0.4, 0.5) is 25.8 Å². The average molecular weight is 519 g/mol. The summed E-state index contributed by atoms with van der Waals surface area (Å²) in [7, 11) is 5.90. The molecule has 1 heterocycles. The van der Waals surface area contributed by atoms with Gasteiger partial charge in [0.05, 0.1) is 0 Å². The number of carbonyl (C=O) groups is 2. The van der Waals surface area contributed by atoms with E-state index in [2.05, 4.69) is 26.6 Å². The number of amides is 2. The minimum atomic E-state index is -0.825. The number of carbonyl (C=O) groups excluding carboxylic acids is 2. The van der Waals surface area contributed by atoms with Crippen molar-refractivity contribution in [2.45, 2.75) is 0 Å². The van der Waals surface area contributed by atoms with Crippen molar-refractivity contribution in [1.29, 1.82) is 0 Å². The number of para-hydroxylation sites is 2. The Balaban J connectivity index is 1.56. The van der Waals surface area contributed by atoms with E-state index in [1.165, 1.54) is 30.5 Å². The molecule has 0 fully saturated rings. The molecule has 0 atom stereocenters. The van der Waals surface area contributed by atoms with E-state index in [0.717, 1.165) is 17.0 Å². The van der Waals surface area contributed by atoms with Gasteiger partial charge >= 0.3 is 174 Å². The molecule has 1 aliphatic rings. The molecule has 0 saturated carbocycles. The van der Waals surface area contributed by atoms with Gasteiger partial charge in [0.25, 0.3) is 0 Å². The van der Waals surface area contributed by atoms with Crippen LogP contribution in [0.1, 0.15) is 10.4 Å². The topological polar surface area (TPSA) is 61.4 Å². The van der Waals surface area contributed by atoms with E-state index < -0.39 is 23.2 Å². The molecule has 4 rings (SSSR count). The molecule has 0 unspecified atom stereocenters. The normalized spacial score (nSPS) is 12.8. The van der Waals surface area contributed by atoms with Crippen LogP contribution in [-0.4, -0.2) is 24.9 Å². The molecule has 9 heteroatoms. The van der Waals surface area contributed by atoms with Gasteiger partial charge in [-0.05, 0) is 12.1 Å². The summed E-state index contributed by atoms with van der Waals surface area (Å²) < 4.78 is 29.1. The molecule has 1 aliphatic heterocycles. The molecule has 0 saturated heterocycles. The van der Waals surface area contributed by atoms with E-state index >= 15 is 0 Å². The van der Waals surface area contributed by atoms with Crippen molar-refractivity contribution in [2.75, 3.05) is 15.5 Å². The predicted octanol–water partition coefficient (Wildman–Crippen LogP) is 5.18. The van der Waals surface area contributed by atoms with E-state index in [1.807, 2.05) is 6.07 Å². The van der Waals surface area contributed by atoms with Gasteiger partial charge in [-0.25, -0.2) is 0 Å². The van der Waals surface area contributed by atoms with E-state index in [0.29, 0.717) is 21.4 Å². The standard InChI is InChI=1S/C25H16BBrF2N3O2/c26-22-12-10-16(14-32(22)23-19(28)7-4-8-20(23)29)25(34)31-21-13-15(9-11-18(21)27)24(33)30-17-5-2-1-3-6-17/h1-14H,(H,30,33)(H,31,34). The zero-order valence-electron chi connectivity index (χ0n) is 17.6. The SMILES string of the molecule is [B]=C1C=CC(C(=O)Nc2cc(C(=O)Nc3ccccc3)ccc2Br)=CN1c1c(F)cccc1F. The third kappa shape index (κ3) is 5.04. The van der Waals surface area contributed by atoms with Gasteiger partial charge in [-0.15, -0.1) is 0 Å². The molecular formula is C25H16BBrF2N3O2. The van der Waals surface area contributed by atoms with Crippen LogP contribution in [0.3, 0.4) is 0 Å². The molecule has 3 aromatic rings. The fourth-order valence-electron chi connectivity index (χ4n) is 3.24. The second-order valence-electron chi connectivity index (χ2n) is 7.25. The molecule has 1 radical (unpaired) electrons. The van der Waals surface area contributed by atoms with Crippen LogP contribution in [0.25, 0.3) is 0 Å². The van der Waals surface area contributed by atoms with Crippen LogP contribution in [-0.2, 0) is 4.79 Å². The number of hydrogen-bond acceptors (Lipinski definition) is 3. The van der Waals surface area contributed by atoms with E-state index in [4.69, 9.17) is 7.49 Å². The Kier molecular flexibility index (Phi) is 6.84. The summed E-state index contributed by atoms with van der Waals surface area (Å²) in [6.45, 7) is 0. The van der Waals surface area contributed by atoms with Crippen molar-refractivity contribution in [3.63, 3.8) is 0 Å². The van der Waals surface area contributed by atoms with Gasteiger partial charge in [0.15, 0.2) is 0 Å². The third-order valence-corrected chi connectivity index (χ3v) is 5.62. The van der Waals surface area contributed by atoms with Gasteiger partial charge in [0.1, 0.15) is 0 Å². The fourth-order valence-corrected chi connectivity index (χ4v) is 3.59. The van der Waals surface area contributed by atoms with E-state index in [9.17, 15) is 18.4 Å². The number of hydrogen-bond donors (Lipinski definition) is 2. The first kappa shape index (κ1) is 23.3. The summed E-state index contributed by atoms with van der Waals surface area (Å²) in [5, 5.41) is 5.48. The minimum absolute atomic E-state index is 0.0429. The summed E-state index contributed by atoms with van der Waals surface area (Å²) in [5.41, 5.74) is 1.04. The summed E-state index contributed by atoms with van der Waals surface area (Å²) in [4.78, 5) is 26.6. The number of nitrogens with one attached hydrogen (secondary N) is 2. The van der Waals surface area contributed by atoms with Crippen molar-refractivity contribution < 1.29 is 18.4 Å². The number of nitrogens with zero attached hydrogens (tertiary/aromatic N) is 1. The third-order valence-electron chi connectivity index (χ3n) is 4.93. The molecule has 5 nitrogen and oxygen atoms in total. The Bertz CT molecular complexity index is 1340. The van der Waals surface area contributed by atoms with Crippen molar-refractivity contribution in [2.24, 2.45) is 0 Å². The van der Waals surface area contributed by atoms with Crippen molar-refractivity contribution in [3.05, 3.63) is 112 Å². The van der Waals surface area contributed by atoms with Gasteiger partial charge in [-0.1, -0.05) is 18.2 Å². The molecule has 34 heavy (non-hydrogen) atoms. The summed E-state index contributed by atoms with van der Waals surface area (Å²) in [6.07, 6.45) is 4.05. The molecule has 2 amide bonds. The molecule has 3 aromatic carbocycles.